The van der Waals surface area contributed by atoms with Crippen LogP contribution in [0.3, 0.4) is 0 Å². The van der Waals surface area contributed by atoms with Crippen LogP contribution in [-0.4, -0.2) is 88.6 Å². The lowest BCUT2D eigenvalue weighted by Gasteiger charge is -2.43. The van der Waals surface area contributed by atoms with Crippen molar-refractivity contribution < 1.29 is 33.7 Å². The van der Waals surface area contributed by atoms with Gasteiger partial charge in [-0.1, -0.05) is 104 Å². The molecule has 58 heavy (non-hydrogen) atoms. The minimum absolute atomic E-state index is 0.00129. The van der Waals surface area contributed by atoms with E-state index in [0.717, 1.165) is 58.6 Å². The summed E-state index contributed by atoms with van der Waals surface area (Å²) in [4.78, 5) is 45.1. The minimum atomic E-state index is -0.968. The predicted molar refractivity (Wildman–Crippen MR) is 219 cm³/mol. The van der Waals surface area contributed by atoms with Crippen LogP contribution in [0.4, 0.5) is 4.79 Å². The highest BCUT2D eigenvalue weighted by molar-refractivity contribution is 6.06. The lowest BCUT2D eigenvalue weighted by Crippen LogP contribution is -2.48. The second-order valence-corrected chi connectivity index (χ2v) is 16.2. The number of imide groups is 1. The monoisotopic (exact) mass is 786 g/mol. The maximum Gasteiger partial charge on any atom is 0.408 e. The number of alkyl carbamates (subject to hydrolysis) is 1. The Morgan fingerprint density at radius 2 is 1.53 bits per heavy atom. The summed E-state index contributed by atoms with van der Waals surface area (Å²) in [5.74, 6) is -0.686. The van der Waals surface area contributed by atoms with Crippen molar-refractivity contribution in [3.63, 3.8) is 0 Å². The maximum absolute atomic E-state index is 13.2. The van der Waals surface area contributed by atoms with Crippen LogP contribution in [-0.2, 0) is 43.6 Å². The molecule has 6 unspecified atom stereocenters. The standard InChI is InChI=1S/C47H54N4O7/c1-32-42(29-50-24-8-13-40(50)28-49-22-5-6-23-49)57-46(58-44(32)37-16-14-33(30-52)15-17-37)38-20-18-36(19-21-38)39-12-7-11-35(25-39)27-51-43(53)26-41(45(51)54)48-47(55)56-31-34-9-3-2-4-10-34/h2-4,7,9-12,14-21,25,32,40-42,44,46,52H,5-6,8,13,22-24,26-31H2,1H3,(H,48,55). The second kappa shape index (κ2) is 18.3. The van der Waals surface area contributed by atoms with Gasteiger partial charge in [0.2, 0.25) is 5.91 Å². The average molecular weight is 787 g/mol. The van der Waals surface area contributed by atoms with Gasteiger partial charge >= 0.3 is 6.09 Å². The molecular weight excluding hydrogens is 733 g/mol. The molecule has 3 amide bonds. The molecule has 0 aliphatic carbocycles. The first kappa shape index (κ1) is 39.9. The van der Waals surface area contributed by atoms with Crippen molar-refractivity contribution in [3.05, 3.63) is 131 Å². The lowest BCUT2D eigenvalue weighted by atomic mass is 9.89. The first-order valence-electron chi connectivity index (χ1n) is 20.8. The van der Waals surface area contributed by atoms with E-state index in [0.29, 0.717) is 6.04 Å². The number of carbonyl (C=O) groups is 3. The Morgan fingerprint density at radius 1 is 0.793 bits per heavy atom. The SMILES string of the molecule is CC1C(CN2CCCC2CN2CCCC2)OC(c2ccc(-c3cccc(CN4C(=O)CC(NC(=O)OCc5ccccc5)C4=O)c3)cc2)OC1c1ccc(CO)cc1. The van der Waals surface area contributed by atoms with Crippen LogP contribution in [0.25, 0.3) is 11.1 Å². The molecule has 4 saturated heterocycles. The van der Waals surface area contributed by atoms with Crippen LogP contribution >= 0.6 is 0 Å². The van der Waals surface area contributed by atoms with Crippen LogP contribution in [0.2, 0.25) is 0 Å². The van der Waals surface area contributed by atoms with Crippen LogP contribution in [0.1, 0.15) is 79.2 Å². The fourth-order valence-corrected chi connectivity index (χ4v) is 8.90. The molecular formula is C47H54N4O7. The summed E-state index contributed by atoms with van der Waals surface area (Å²) in [6, 6.07) is 32.9. The molecule has 4 heterocycles. The summed E-state index contributed by atoms with van der Waals surface area (Å²) in [5, 5.41) is 12.2. The summed E-state index contributed by atoms with van der Waals surface area (Å²) in [7, 11) is 0. The van der Waals surface area contributed by atoms with Gasteiger partial charge in [-0.05, 0) is 84.8 Å². The molecule has 4 aliphatic rings. The molecule has 4 aromatic carbocycles. The largest absolute Gasteiger partial charge is 0.445 e. The Hall–Kier alpha value is -4.91. The summed E-state index contributed by atoms with van der Waals surface area (Å²) >= 11 is 0. The molecule has 6 atom stereocenters. The van der Waals surface area contributed by atoms with Crippen LogP contribution in [0.15, 0.2) is 103 Å². The van der Waals surface area contributed by atoms with Gasteiger partial charge in [0.05, 0.1) is 31.8 Å². The number of carbonyl (C=O) groups excluding carboxylic acids is 3. The molecule has 11 heteroatoms. The molecule has 0 bridgehead atoms. The first-order valence-corrected chi connectivity index (χ1v) is 20.8. The van der Waals surface area contributed by atoms with Crippen molar-refractivity contribution in [2.24, 2.45) is 5.92 Å². The smallest absolute Gasteiger partial charge is 0.408 e. The zero-order valence-corrected chi connectivity index (χ0v) is 33.2. The van der Waals surface area contributed by atoms with Gasteiger partial charge in [-0.2, -0.15) is 0 Å². The number of likely N-dealkylation sites (tertiary alicyclic amines) is 3. The molecule has 8 rings (SSSR count). The van der Waals surface area contributed by atoms with E-state index in [-0.39, 0.29) is 50.2 Å². The fourth-order valence-electron chi connectivity index (χ4n) is 8.90. The maximum atomic E-state index is 13.2. The lowest BCUT2D eigenvalue weighted by molar-refractivity contribution is -0.276. The topological polar surface area (TPSA) is 121 Å². The van der Waals surface area contributed by atoms with Gasteiger partial charge < -0.3 is 29.5 Å². The Kier molecular flexibility index (Phi) is 12.6. The van der Waals surface area contributed by atoms with E-state index in [1.165, 1.54) is 43.7 Å². The first-order chi connectivity index (χ1) is 28.3. The number of nitrogens with zero attached hydrogens (tertiary/aromatic N) is 3. The average Bonchev–Trinajstić information content (AvgIpc) is 4.00. The van der Waals surface area contributed by atoms with Gasteiger partial charge in [0.15, 0.2) is 6.29 Å². The van der Waals surface area contributed by atoms with Crippen molar-refractivity contribution >= 4 is 17.9 Å². The molecule has 0 radical (unpaired) electrons. The zero-order chi connectivity index (χ0) is 40.0. The van der Waals surface area contributed by atoms with Crippen molar-refractivity contribution in [2.75, 3.05) is 32.7 Å². The molecule has 11 nitrogen and oxygen atoms in total. The summed E-state index contributed by atoms with van der Waals surface area (Å²) in [5.41, 5.74) is 6.42. The van der Waals surface area contributed by atoms with Crippen molar-refractivity contribution in [2.45, 2.75) is 89.4 Å². The zero-order valence-electron chi connectivity index (χ0n) is 33.2. The fraction of sp³-hybridized carbons (Fsp3) is 0.426. The highest BCUT2D eigenvalue weighted by Crippen LogP contribution is 2.43. The van der Waals surface area contributed by atoms with Gasteiger partial charge in [0, 0.05) is 30.6 Å². The number of hydrogen-bond donors (Lipinski definition) is 2. The van der Waals surface area contributed by atoms with Crippen molar-refractivity contribution in [3.8, 4) is 11.1 Å². The van der Waals surface area contributed by atoms with E-state index in [1.54, 1.807) is 0 Å². The number of aliphatic hydroxyl groups excluding tert-OH is 1. The molecule has 0 aromatic heterocycles. The summed E-state index contributed by atoms with van der Waals surface area (Å²) in [6.07, 6.45) is 3.39. The van der Waals surface area contributed by atoms with Gasteiger partial charge in [-0.15, -0.1) is 0 Å². The third-order valence-electron chi connectivity index (χ3n) is 12.2. The van der Waals surface area contributed by atoms with E-state index in [1.807, 2.05) is 66.7 Å². The molecule has 4 aliphatic heterocycles. The summed E-state index contributed by atoms with van der Waals surface area (Å²) < 4.78 is 18.9. The number of rotatable bonds is 13. The third kappa shape index (κ3) is 9.35. The Bertz CT molecular complexity index is 2020. The normalized spacial score (nSPS) is 25.4. The number of amides is 3. The number of nitrogens with one attached hydrogen (secondary N) is 1. The second-order valence-electron chi connectivity index (χ2n) is 16.2. The van der Waals surface area contributed by atoms with E-state index >= 15 is 0 Å². The predicted octanol–water partition coefficient (Wildman–Crippen LogP) is 6.75. The molecule has 0 saturated carbocycles. The highest BCUT2D eigenvalue weighted by Gasteiger charge is 2.42. The third-order valence-corrected chi connectivity index (χ3v) is 12.2. The minimum Gasteiger partial charge on any atom is -0.445 e. The van der Waals surface area contributed by atoms with Gasteiger partial charge in [-0.3, -0.25) is 19.4 Å². The summed E-state index contributed by atoms with van der Waals surface area (Å²) in [6.45, 7) is 7.87. The van der Waals surface area contributed by atoms with E-state index in [2.05, 4.69) is 58.4 Å². The molecule has 4 fully saturated rings. The van der Waals surface area contributed by atoms with Crippen LogP contribution < -0.4 is 5.32 Å². The van der Waals surface area contributed by atoms with Crippen molar-refractivity contribution in [1.82, 2.24) is 20.0 Å². The van der Waals surface area contributed by atoms with Crippen molar-refractivity contribution in [1.29, 1.82) is 0 Å². The van der Waals surface area contributed by atoms with Crippen LogP contribution in [0.5, 0.6) is 0 Å². The van der Waals surface area contributed by atoms with Gasteiger partial charge in [0.25, 0.3) is 5.91 Å². The van der Waals surface area contributed by atoms with Crippen LogP contribution in [0, 0.1) is 5.92 Å². The number of benzene rings is 4. The Morgan fingerprint density at radius 3 is 2.29 bits per heavy atom. The van der Waals surface area contributed by atoms with E-state index in [9.17, 15) is 19.5 Å². The highest BCUT2D eigenvalue weighted by atomic mass is 16.7. The quantitative estimate of drug-likeness (QED) is 0.142. The van der Waals surface area contributed by atoms with E-state index in [4.69, 9.17) is 14.2 Å². The number of hydrogen-bond acceptors (Lipinski definition) is 9. The molecule has 4 aromatic rings. The molecule has 2 N–H and O–H groups in total. The van der Waals surface area contributed by atoms with Gasteiger partial charge in [0.1, 0.15) is 12.6 Å². The Labute approximate surface area is 340 Å². The molecule has 0 spiro atoms. The van der Waals surface area contributed by atoms with E-state index < -0.39 is 24.3 Å². The Balaban J connectivity index is 0.933. The van der Waals surface area contributed by atoms with Gasteiger partial charge in [-0.25, -0.2) is 4.79 Å². The number of aliphatic hydroxyl groups is 1. The number of ether oxygens (including phenoxy) is 3. The molecule has 304 valence electrons.